The molecule has 0 radical (unpaired) electrons. The second kappa shape index (κ2) is 5.84. The summed E-state index contributed by atoms with van der Waals surface area (Å²) in [6, 6.07) is 0. The summed E-state index contributed by atoms with van der Waals surface area (Å²) in [6.07, 6.45) is -2.11. The van der Waals surface area contributed by atoms with Gasteiger partial charge in [-0.3, -0.25) is 9.58 Å². The molecular weight excluding hydrogens is 285 g/mol. The molecule has 2 aromatic rings. The Bertz CT molecular complexity index is 621. The minimum absolute atomic E-state index is 0.00132. The van der Waals surface area contributed by atoms with Crippen LogP contribution >= 0.6 is 0 Å². The van der Waals surface area contributed by atoms with E-state index in [0.717, 1.165) is 0 Å². The van der Waals surface area contributed by atoms with Gasteiger partial charge in [0.2, 0.25) is 0 Å². The maximum Gasteiger partial charge on any atom is 0.401 e. The van der Waals surface area contributed by atoms with Crippen molar-refractivity contribution in [2.24, 2.45) is 7.05 Å². The van der Waals surface area contributed by atoms with Crippen LogP contribution in [0, 0.1) is 0 Å². The summed E-state index contributed by atoms with van der Waals surface area (Å²) in [5, 5.41) is 4.61. The molecule has 0 aliphatic heterocycles. The maximum absolute atomic E-state index is 12.6. The molecule has 0 bridgehead atoms. The van der Waals surface area contributed by atoms with Gasteiger partial charge in [-0.15, -0.1) is 0 Å². The van der Waals surface area contributed by atoms with E-state index < -0.39 is 12.7 Å². The average Bonchev–Trinajstić information content (AvgIpc) is 2.70. The van der Waals surface area contributed by atoms with E-state index >= 15 is 0 Å². The number of nitrogens with two attached hydrogens (primary N) is 1. The zero-order valence-electron chi connectivity index (χ0n) is 11.9. The lowest BCUT2D eigenvalue weighted by Gasteiger charge is -2.22. The highest BCUT2D eigenvalue weighted by atomic mass is 19.4. The average molecular weight is 302 g/mol. The van der Waals surface area contributed by atoms with Gasteiger partial charge in [-0.1, -0.05) is 6.92 Å². The Labute approximate surface area is 119 Å². The summed E-state index contributed by atoms with van der Waals surface area (Å²) in [7, 11) is 1.69. The van der Waals surface area contributed by atoms with Crippen LogP contribution < -0.4 is 5.73 Å². The molecule has 0 fully saturated rings. The number of nitrogens with zero attached hydrogens (tertiary/aromatic N) is 5. The molecule has 0 aliphatic carbocycles. The topological polar surface area (TPSA) is 72.9 Å². The Morgan fingerprint density at radius 3 is 2.67 bits per heavy atom. The van der Waals surface area contributed by atoms with Gasteiger partial charge < -0.3 is 5.73 Å². The number of halogens is 3. The highest BCUT2D eigenvalue weighted by Gasteiger charge is 2.30. The van der Waals surface area contributed by atoms with Crippen molar-refractivity contribution in [2.45, 2.75) is 26.1 Å². The van der Waals surface area contributed by atoms with Crippen molar-refractivity contribution in [3.8, 4) is 0 Å². The van der Waals surface area contributed by atoms with Crippen molar-refractivity contribution in [1.82, 2.24) is 24.6 Å². The Morgan fingerprint density at radius 2 is 2.05 bits per heavy atom. The molecule has 116 valence electrons. The molecule has 2 heterocycles. The van der Waals surface area contributed by atoms with Crippen molar-refractivity contribution >= 4 is 16.9 Å². The van der Waals surface area contributed by atoms with E-state index in [1.54, 1.807) is 7.05 Å². The van der Waals surface area contributed by atoms with Crippen LogP contribution in [0.1, 0.15) is 19.2 Å². The van der Waals surface area contributed by atoms with E-state index in [4.69, 9.17) is 5.73 Å². The van der Waals surface area contributed by atoms with Gasteiger partial charge in [0.25, 0.3) is 0 Å². The van der Waals surface area contributed by atoms with Crippen LogP contribution in [-0.2, 0) is 13.6 Å². The second-order valence-electron chi connectivity index (χ2n) is 4.86. The van der Waals surface area contributed by atoms with Crippen molar-refractivity contribution in [3.05, 3.63) is 12.0 Å². The molecule has 0 unspecified atom stereocenters. The van der Waals surface area contributed by atoms with Crippen molar-refractivity contribution in [3.63, 3.8) is 0 Å². The van der Waals surface area contributed by atoms with Gasteiger partial charge in [-0.25, -0.2) is 9.97 Å². The largest absolute Gasteiger partial charge is 0.401 e. The first-order valence-corrected chi connectivity index (χ1v) is 6.53. The number of hydrogen-bond donors (Lipinski definition) is 1. The number of aryl methyl sites for hydroxylation is 1. The van der Waals surface area contributed by atoms with E-state index in [-0.39, 0.29) is 18.2 Å². The van der Waals surface area contributed by atoms with Crippen LogP contribution in [0.5, 0.6) is 0 Å². The molecule has 2 aromatic heterocycles. The van der Waals surface area contributed by atoms with Crippen LogP contribution in [0.25, 0.3) is 11.0 Å². The fraction of sp³-hybridized carbons (Fsp3) is 0.583. The van der Waals surface area contributed by atoms with Gasteiger partial charge in [0.1, 0.15) is 11.6 Å². The number of alkyl halides is 3. The molecule has 0 atom stereocenters. The minimum Gasteiger partial charge on any atom is -0.383 e. The highest BCUT2D eigenvalue weighted by molar-refractivity contribution is 5.84. The Hall–Kier alpha value is -1.90. The predicted molar refractivity (Wildman–Crippen MR) is 72.3 cm³/mol. The van der Waals surface area contributed by atoms with Crippen LogP contribution in [0.4, 0.5) is 19.0 Å². The quantitative estimate of drug-likeness (QED) is 0.910. The van der Waals surface area contributed by atoms with Crippen LogP contribution in [-0.4, -0.2) is 43.9 Å². The first-order chi connectivity index (χ1) is 9.80. The fourth-order valence-electron chi connectivity index (χ4n) is 2.15. The summed E-state index contributed by atoms with van der Waals surface area (Å²) in [5.74, 6) is 0.493. The summed E-state index contributed by atoms with van der Waals surface area (Å²) in [4.78, 5) is 9.58. The molecule has 0 saturated carbocycles. The summed E-state index contributed by atoms with van der Waals surface area (Å²) < 4.78 is 39.2. The number of nitrogen functional groups attached to an aromatic ring is 1. The third-order valence-corrected chi connectivity index (χ3v) is 2.98. The van der Waals surface area contributed by atoms with E-state index in [0.29, 0.717) is 24.0 Å². The Kier molecular flexibility index (Phi) is 4.31. The zero-order valence-corrected chi connectivity index (χ0v) is 11.9. The van der Waals surface area contributed by atoms with Crippen LogP contribution in [0.3, 0.4) is 0 Å². The molecule has 9 heteroatoms. The first kappa shape index (κ1) is 15.5. The Balaban J connectivity index is 2.25. The Morgan fingerprint density at radius 1 is 1.33 bits per heavy atom. The smallest absolute Gasteiger partial charge is 0.383 e. The second-order valence-corrected chi connectivity index (χ2v) is 4.86. The molecule has 0 amide bonds. The van der Waals surface area contributed by atoms with E-state index in [2.05, 4.69) is 15.1 Å². The molecule has 2 rings (SSSR count). The summed E-state index contributed by atoms with van der Waals surface area (Å²) in [5.41, 5.74) is 6.32. The molecule has 0 saturated heterocycles. The van der Waals surface area contributed by atoms with Gasteiger partial charge in [-0.05, 0) is 13.0 Å². The van der Waals surface area contributed by atoms with E-state index in [1.807, 2.05) is 6.92 Å². The van der Waals surface area contributed by atoms with Crippen molar-refractivity contribution in [2.75, 3.05) is 18.8 Å². The lowest BCUT2D eigenvalue weighted by Crippen LogP contribution is -2.35. The van der Waals surface area contributed by atoms with Gasteiger partial charge >= 0.3 is 6.18 Å². The number of rotatable bonds is 5. The van der Waals surface area contributed by atoms with E-state index in [9.17, 15) is 13.2 Å². The number of hydrogen-bond acceptors (Lipinski definition) is 5. The number of aromatic nitrogens is 4. The third kappa shape index (κ3) is 3.81. The van der Waals surface area contributed by atoms with Crippen LogP contribution in [0.15, 0.2) is 6.20 Å². The minimum atomic E-state index is -4.25. The number of anilines is 1. The van der Waals surface area contributed by atoms with Crippen molar-refractivity contribution in [1.29, 1.82) is 0 Å². The molecule has 0 aromatic carbocycles. The standard InChI is InChI=1S/C12H17F3N6/c1-3-4-21(7-12(13,14)15)6-9-18-10(16)8-5-17-20(2)11(8)19-9/h5H,3-4,6-7H2,1-2H3,(H2,16,18,19). The maximum atomic E-state index is 12.6. The van der Waals surface area contributed by atoms with Crippen LogP contribution in [0.2, 0.25) is 0 Å². The summed E-state index contributed by atoms with van der Waals surface area (Å²) >= 11 is 0. The van der Waals surface area contributed by atoms with Gasteiger partial charge in [-0.2, -0.15) is 18.3 Å². The molecule has 2 N–H and O–H groups in total. The molecule has 6 nitrogen and oxygen atoms in total. The summed E-state index contributed by atoms with van der Waals surface area (Å²) in [6.45, 7) is 1.14. The van der Waals surface area contributed by atoms with Gasteiger partial charge in [0, 0.05) is 7.05 Å². The fourth-order valence-corrected chi connectivity index (χ4v) is 2.15. The zero-order chi connectivity index (χ0) is 15.6. The molecular formula is C12H17F3N6. The SMILES string of the molecule is CCCN(Cc1nc(N)c2cnn(C)c2n1)CC(F)(F)F. The first-order valence-electron chi connectivity index (χ1n) is 6.53. The lowest BCUT2D eigenvalue weighted by molar-refractivity contribution is -0.147. The molecule has 21 heavy (non-hydrogen) atoms. The van der Waals surface area contributed by atoms with Gasteiger partial charge in [0.15, 0.2) is 5.65 Å². The normalized spacial score (nSPS) is 12.5. The molecule has 0 aliphatic rings. The predicted octanol–water partition coefficient (Wildman–Crippen LogP) is 1.72. The highest BCUT2D eigenvalue weighted by Crippen LogP contribution is 2.20. The lowest BCUT2D eigenvalue weighted by atomic mass is 10.3. The monoisotopic (exact) mass is 302 g/mol. The molecule has 0 spiro atoms. The number of fused-ring (bicyclic) bond motifs is 1. The van der Waals surface area contributed by atoms with E-state index in [1.165, 1.54) is 15.8 Å². The van der Waals surface area contributed by atoms with Crippen molar-refractivity contribution < 1.29 is 13.2 Å². The van der Waals surface area contributed by atoms with Gasteiger partial charge in [0.05, 0.1) is 24.7 Å². The third-order valence-electron chi connectivity index (χ3n) is 2.98.